The molecule has 0 aliphatic carbocycles. The summed E-state index contributed by atoms with van der Waals surface area (Å²) in [6.45, 7) is 0. The molecule has 3 aromatic carbocycles. The van der Waals surface area contributed by atoms with E-state index in [4.69, 9.17) is 9.47 Å². The fraction of sp³-hybridized carbons (Fsp3) is 0.0345. The highest BCUT2D eigenvalue weighted by molar-refractivity contribution is 6.01. The first-order valence-electron chi connectivity index (χ1n) is 11.7. The number of fused-ring (bicyclic) bond motifs is 1. The fourth-order valence-electron chi connectivity index (χ4n) is 3.72. The van der Waals surface area contributed by atoms with Crippen molar-refractivity contribution in [2.75, 3.05) is 12.4 Å². The first kappa shape index (κ1) is 24.1. The van der Waals surface area contributed by atoms with Gasteiger partial charge in [-0.3, -0.25) is 9.89 Å². The van der Waals surface area contributed by atoms with Crippen molar-refractivity contribution < 1.29 is 14.3 Å². The molecule has 2 aromatic heterocycles. The Morgan fingerprint density at radius 3 is 2.42 bits per heavy atom. The minimum atomic E-state index is -0.446. The number of rotatable bonds is 8. The zero-order chi connectivity index (χ0) is 26.3. The molecule has 0 radical (unpaired) electrons. The number of pyridine rings is 1. The number of hydrogen-bond donors (Lipinski definition) is 3. The van der Waals surface area contributed by atoms with Crippen LogP contribution in [-0.4, -0.2) is 28.1 Å². The zero-order valence-electron chi connectivity index (χ0n) is 20.3. The molecule has 0 atom stereocenters. The molecule has 3 N–H and O–H groups in total. The Bertz CT molecular complexity index is 1650. The van der Waals surface area contributed by atoms with Crippen LogP contribution >= 0.6 is 0 Å². The van der Waals surface area contributed by atoms with Gasteiger partial charge in [-0.05, 0) is 60.2 Å². The highest BCUT2D eigenvalue weighted by atomic mass is 16.5. The SMILES string of the molecule is CNC(=O)C(C#N)=Cc1cccc(Nc2[nH]nc3nccc(Oc4ccc(Oc5ccccc5)cc4)c23)c1. The molecule has 5 rings (SSSR count). The average molecular weight is 503 g/mol. The minimum Gasteiger partial charge on any atom is -0.457 e. The third-order valence-corrected chi connectivity index (χ3v) is 5.51. The number of para-hydroxylation sites is 1. The number of aromatic amines is 1. The predicted octanol–water partition coefficient (Wildman–Crippen LogP) is 5.94. The van der Waals surface area contributed by atoms with Crippen molar-refractivity contribution in [2.45, 2.75) is 0 Å². The van der Waals surface area contributed by atoms with E-state index in [1.54, 1.807) is 18.3 Å². The second kappa shape index (κ2) is 11.0. The van der Waals surface area contributed by atoms with E-state index in [1.165, 1.54) is 13.1 Å². The lowest BCUT2D eigenvalue weighted by Crippen LogP contribution is -2.19. The minimum absolute atomic E-state index is 0.0108. The number of nitriles is 1. The van der Waals surface area contributed by atoms with Crippen LogP contribution in [0.25, 0.3) is 17.1 Å². The number of ether oxygens (including phenoxy) is 2. The van der Waals surface area contributed by atoms with Crippen LogP contribution in [0, 0.1) is 11.3 Å². The number of nitrogens with one attached hydrogen (secondary N) is 3. The first-order chi connectivity index (χ1) is 18.6. The smallest absolute Gasteiger partial charge is 0.261 e. The third kappa shape index (κ3) is 5.45. The summed E-state index contributed by atoms with van der Waals surface area (Å²) in [5, 5.41) is 23.0. The molecule has 0 fully saturated rings. The van der Waals surface area contributed by atoms with Gasteiger partial charge in [0.05, 0.1) is 0 Å². The van der Waals surface area contributed by atoms with E-state index in [1.807, 2.05) is 78.9 Å². The molecule has 0 saturated heterocycles. The number of amides is 1. The van der Waals surface area contributed by atoms with Crippen LogP contribution in [0.1, 0.15) is 5.56 Å². The van der Waals surface area contributed by atoms with Crippen molar-refractivity contribution in [1.29, 1.82) is 5.26 Å². The van der Waals surface area contributed by atoms with E-state index >= 15 is 0 Å². The monoisotopic (exact) mass is 502 g/mol. The summed E-state index contributed by atoms with van der Waals surface area (Å²) < 4.78 is 12.0. The van der Waals surface area contributed by atoms with Crippen LogP contribution in [0.5, 0.6) is 23.0 Å². The Hall–Kier alpha value is -5.62. The Labute approximate surface area is 218 Å². The molecule has 9 nitrogen and oxygen atoms in total. The molecule has 0 spiro atoms. The number of benzene rings is 3. The van der Waals surface area contributed by atoms with Crippen LogP contribution in [0.3, 0.4) is 0 Å². The Morgan fingerprint density at radius 1 is 0.947 bits per heavy atom. The summed E-state index contributed by atoms with van der Waals surface area (Å²) in [7, 11) is 1.48. The van der Waals surface area contributed by atoms with Crippen LogP contribution in [-0.2, 0) is 4.79 Å². The molecule has 0 unspecified atom stereocenters. The predicted molar refractivity (Wildman–Crippen MR) is 144 cm³/mol. The number of aromatic nitrogens is 3. The van der Waals surface area contributed by atoms with Gasteiger partial charge in [0.25, 0.3) is 5.91 Å². The molecule has 0 aliphatic rings. The Morgan fingerprint density at radius 2 is 1.68 bits per heavy atom. The molecule has 0 aliphatic heterocycles. The summed E-state index contributed by atoms with van der Waals surface area (Å²) in [5.74, 6) is 2.76. The van der Waals surface area contributed by atoms with E-state index < -0.39 is 5.91 Å². The van der Waals surface area contributed by atoms with E-state index in [-0.39, 0.29) is 5.57 Å². The standard InChI is InChI=1S/C29H22N6O3/c1-31-29(36)20(18-30)16-19-6-5-7-21(17-19)33-28-26-25(14-15-32-27(26)34-35-28)38-24-12-10-23(11-13-24)37-22-8-3-2-4-9-22/h2-17H,1H3,(H,31,36)(H2,32,33,34,35). The van der Waals surface area contributed by atoms with Gasteiger partial charge in [-0.25, -0.2) is 4.98 Å². The van der Waals surface area contributed by atoms with Gasteiger partial charge in [-0.15, -0.1) is 0 Å². The van der Waals surface area contributed by atoms with Gasteiger partial charge < -0.3 is 20.1 Å². The van der Waals surface area contributed by atoms with Crippen LogP contribution in [0.15, 0.2) is 96.7 Å². The average Bonchev–Trinajstić information content (AvgIpc) is 3.36. The Kier molecular flexibility index (Phi) is 6.96. The quantitative estimate of drug-likeness (QED) is 0.177. The lowest BCUT2D eigenvalue weighted by Gasteiger charge is -2.10. The second-order valence-electron chi connectivity index (χ2n) is 8.09. The van der Waals surface area contributed by atoms with E-state index in [0.717, 1.165) is 11.4 Å². The molecular formula is C29H22N6O3. The first-order valence-corrected chi connectivity index (χ1v) is 11.7. The third-order valence-electron chi connectivity index (χ3n) is 5.51. The van der Waals surface area contributed by atoms with Gasteiger partial charge in [0.15, 0.2) is 5.65 Å². The molecule has 186 valence electrons. The number of nitrogens with zero attached hydrogens (tertiary/aromatic N) is 3. The fourth-order valence-corrected chi connectivity index (χ4v) is 3.72. The topological polar surface area (TPSA) is 125 Å². The second-order valence-corrected chi connectivity index (χ2v) is 8.09. The molecule has 0 saturated carbocycles. The molecule has 38 heavy (non-hydrogen) atoms. The number of hydrogen-bond acceptors (Lipinski definition) is 7. The maximum atomic E-state index is 11.9. The van der Waals surface area contributed by atoms with Crippen molar-refractivity contribution in [3.8, 4) is 29.1 Å². The van der Waals surface area contributed by atoms with Crippen LogP contribution in [0.2, 0.25) is 0 Å². The van der Waals surface area contributed by atoms with Gasteiger partial charge in [-0.2, -0.15) is 10.4 Å². The summed E-state index contributed by atoms with van der Waals surface area (Å²) in [4.78, 5) is 16.2. The van der Waals surface area contributed by atoms with Crippen molar-refractivity contribution in [3.05, 3.63) is 102 Å². The van der Waals surface area contributed by atoms with Gasteiger partial charge >= 0.3 is 0 Å². The van der Waals surface area contributed by atoms with Crippen molar-refractivity contribution >= 4 is 34.5 Å². The Balaban J connectivity index is 1.38. The van der Waals surface area contributed by atoms with E-state index in [9.17, 15) is 10.1 Å². The highest BCUT2D eigenvalue weighted by Crippen LogP contribution is 2.35. The number of likely N-dealkylation sites (N-methyl/N-ethyl adjacent to an activating group) is 1. The van der Waals surface area contributed by atoms with E-state index in [2.05, 4.69) is 25.8 Å². The summed E-state index contributed by atoms with van der Waals surface area (Å²) in [6.07, 6.45) is 3.15. The lowest BCUT2D eigenvalue weighted by molar-refractivity contribution is -0.116. The van der Waals surface area contributed by atoms with Crippen LogP contribution < -0.4 is 20.1 Å². The maximum absolute atomic E-state index is 11.9. The number of anilines is 2. The number of carbonyl (C=O) groups excluding carboxylic acids is 1. The number of H-pyrrole nitrogens is 1. The van der Waals surface area contributed by atoms with Crippen molar-refractivity contribution in [3.63, 3.8) is 0 Å². The van der Waals surface area contributed by atoms with Gasteiger partial charge in [-0.1, -0.05) is 30.3 Å². The van der Waals surface area contributed by atoms with Crippen LogP contribution in [0.4, 0.5) is 11.5 Å². The summed E-state index contributed by atoms with van der Waals surface area (Å²) in [5.41, 5.74) is 1.90. The highest BCUT2D eigenvalue weighted by Gasteiger charge is 2.14. The van der Waals surface area contributed by atoms with Crippen molar-refractivity contribution in [1.82, 2.24) is 20.5 Å². The lowest BCUT2D eigenvalue weighted by atomic mass is 10.1. The molecule has 2 heterocycles. The maximum Gasteiger partial charge on any atom is 0.261 e. The molecular weight excluding hydrogens is 480 g/mol. The van der Waals surface area contributed by atoms with Gasteiger partial charge in [0.1, 0.15) is 45.8 Å². The molecule has 1 amide bonds. The van der Waals surface area contributed by atoms with E-state index in [0.29, 0.717) is 39.7 Å². The van der Waals surface area contributed by atoms with Gasteiger partial charge in [0, 0.05) is 25.0 Å². The summed E-state index contributed by atoms with van der Waals surface area (Å²) >= 11 is 0. The normalized spacial score (nSPS) is 11.0. The molecule has 5 aromatic rings. The number of carbonyl (C=O) groups is 1. The van der Waals surface area contributed by atoms with Gasteiger partial charge in [0.2, 0.25) is 0 Å². The molecule has 0 bridgehead atoms. The molecule has 9 heteroatoms. The summed E-state index contributed by atoms with van der Waals surface area (Å²) in [6, 6.07) is 27.8. The zero-order valence-corrected chi connectivity index (χ0v) is 20.3. The largest absolute Gasteiger partial charge is 0.457 e. The van der Waals surface area contributed by atoms with Crippen molar-refractivity contribution in [2.24, 2.45) is 0 Å².